The lowest BCUT2D eigenvalue weighted by Gasteiger charge is -2.09. The monoisotopic (exact) mass is 321 g/mol. The Balaban J connectivity index is 2.34. The van der Waals surface area contributed by atoms with Crippen LogP contribution in [0.5, 0.6) is 0 Å². The van der Waals surface area contributed by atoms with E-state index >= 15 is 0 Å². The summed E-state index contributed by atoms with van der Waals surface area (Å²) in [7, 11) is 0. The zero-order valence-electron chi connectivity index (χ0n) is 9.95. The quantitative estimate of drug-likeness (QED) is 0.902. The number of benzene rings is 1. The summed E-state index contributed by atoms with van der Waals surface area (Å²) in [6.07, 6.45) is 1.39. The van der Waals surface area contributed by atoms with E-state index < -0.39 is 12.0 Å². The molecule has 0 saturated heterocycles. The van der Waals surface area contributed by atoms with Crippen LogP contribution in [0.2, 0.25) is 0 Å². The van der Waals surface area contributed by atoms with Gasteiger partial charge >= 0.3 is 5.97 Å². The van der Waals surface area contributed by atoms with Crippen LogP contribution in [0, 0.1) is 0 Å². The van der Waals surface area contributed by atoms with E-state index in [1.807, 2.05) is 24.3 Å². The Bertz CT molecular complexity index is 604. The number of carboxylic acids is 1. The van der Waals surface area contributed by atoms with Gasteiger partial charge in [-0.2, -0.15) is 0 Å². The third kappa shape index (κ3) is 3.36. The molecule has 0 aliphatic heterocycles. The largest absolute Gasteiger partial charge is 0.481 e. The summed E-state index contributed by atoms with van der Waals surface area (Å²) in [5.41, 5.74) is 7.38. The number of aromatic nitrogens is 2. The highest BCUT2D eigenvalue weighted by Crippen LogP contribution is 2.26. The van der Waals surface area contributed by atoms with Crippen molar-refractivity contribution in [2.75, 3.05) is 0 Å². The maximum Gasteiger partial charge on any atom is 0.305 e. The van der Waals surface area contributed by atoms with Crippen LogP contribution in [-0.2, 0) is 4.79 Å². The Morgan fingerprint density at radius 2 is 2.11 bits per heavy atom. The van der Waals surface area contributed by atoms with Crippen LogP contribution in [0.25, 0.3) is 11.3 Å². The van der Waals surface area contributed by atoms with Crippen molar-refractivity contribution >= 4 is 21.9 Å². The molecule has 0 bridgehead atoms. The van der Waals surface area contributed by atoms with Crippen LogP contribution in [0.15, 0.2) is 41.0 Å². The van der Waals surface area contributed by atoms with Crippen molar-refractivity contribution in [2.24, 2.45) is 5.73 Å². The summed E-state index contributed by atoms with van der Waals surface area (Å²) in [4.78, 5) is 19.0. The highest BCUT2D eigenvalue weighted by atomic mass is 79.9. The molecule has 6 heteroatoms. The summed E-state index contributed by atoms with van der Waals surface area (Å²) in [6.45, 7) is 0. The van der Waals surface area contributed by atoms with Crippen molar-refractivity contribution in [2.45, 2.75) is 12.5 Å². The second-order valence-electron chi connectivity index (χ2n) is 3.98. The number of halogens is 1. The number of carboxylic acid groups (broad SMARTS) is 1. The maximum atomic E-state index is 10.6. The fourth-order valence-electron chi connectivity index (χ4n) is 1.65. The molecule has 1 aromatic heterocycles. The van der Waals surface area contributed by atoms with Gasteiger partial charge in [0.2, 0.25) is 0 Å². The van der Waals surface area contributed by atoms with Crippen molar-refractivity contribution in [1.82, 2.24) is 9.97 Å². The molecule has 5 nitrogen and oxygen atoms in total. The van der Waals surface area contributed by atoms with E-state index in [1.54, 1.807) is 12.3 Å². The lowest BCUT2D eigenvalue weighted by atomic mass is 10.1. The highest BCUT2D eigenvalue weighted by Gasteiger charge is 2.14. The molecular weight excluding hydrogens is 310 g/mol. The molecule has 3 N–H and O–H groups in total. The van der Waals surface area contributed by atoms with Crippen LogP contribution >= 0.6 is 15.9 Å². The van der Waals surface area contributed by atoms with Crippen molar-refractivity contribution < 1.29 is 9.90 Å². The molecule has 0 fully saturated rings. The zero-order valence-corrected chi connectivity index (χ0v) is 11.5. The van der Waals surface area contributed by atoms with E-state index in [9.17, 15) is 4.79 Å². The minimum atomic E-state index is -0.970. The molecular formula is C13H12BrN3O2. The fraction of sp³-hybridized carbons (Fsp3) is 0.154. The summed E-state index contributed by atoms with van der Waals surface area (Å²) in [5.74, 6) is -0.641. The first kappa shape index (κ1) is 13.6. The molecule has 1 atom stereocenters. The van der Waals surface area contributed by atoms with Gasteiger partial charge in [-0.15, -0.1) is 0 Å². The van der Waals surface area contributed by atoms with Crippen molar-refractivity contribution in [3.05, 3.63) is 46.8 Å². The number of hydrogen-bond acceptors (Lipinski definition) is 4. The average molecular weight is 322 g/mol. The molecule has 0 saturated carbocycles. The number of nitrogens with zero attached hydrogens (tertiary/aromatic N) is 2. The summed E-state index contributed by atoms with van der Waals surface area (Å²) in [6, 6.07) is 8.69. The lowest BCUT2D eigenvalue weighted by Crippen LogP contribution is -2.18. The minimum absolute atomic E-state index is 0.195. The predicted octanol–water partition coefficient (Wildman–Crippen LogP) is 2.38. The molecule has 2 rings (SSSR count). The normalized spacial score (nSPS) is 12.1. The van der Waals surface area contributed by atoms with E-state index in [2.05, 4.69) is 25.9 Å². The Hall–Kier alpha value is -1.79. The third-order valence-electron chi connectivity index (χ3n) is 2.55. The van der Waals surface area contributed by atoms with Gasteiger partial charge in [0.1, 0.15) is 5.82 Å². The van der Waals surface area contributed by atoms with E-state index in [0.29, 0.717) is 11.5 Å². The number of rotatable bonds is 4. The van der Waals surface area contributed by atoms with E-state index in [4.69, 9.17) is 10.8 Å². The zero-order chi connectivity index (χ0) is 13.8. The Morgan fingerprint density at radius 3 is 2.79 bits per heavy atom. The van der Waals surface area contributed by atoms with Crippen LogP contribution in [-0.4, -0.2) is 21.0 Å². The van der Waals surface area contributed by atoms with Gasteiger partial charge in [-0.05, 0) is 12.1 Å². The standard InChI is InChI=1S/C13H12BrN3O2/c14-9-4-2-1-3-8(9)11-5-6-16-13(17-11)10(15)7-12(18)19/h1-6,10H,7,15H2,(H,18,19). The Morgan fingerprint density at radius 1 is 1.37 bits per heavy atom. The molecule has 19 heavy (non-hydrogen) atoms. The van der Waals surface area contributed by atoms with Crippen LogP contribution in [0.4, 0.5) is 0 Å². The predicted molar refractivity (Wildman–Crippen MR) is 74.3 cm³/mol. The lowest BCUT2D eigenvalue weighted by molar-refractivity contribution is -0.137. The Kier molecular flexibility index (Phi) is 4.24. The number of carbonyl (C=O) groups is 1. The summed E-state index contributed by atoms with van der Waals surface area (Å²) >= 11 is 3.45. The van der Waals surface area contributed by atoms with Gasteiger partial charge < -0.3 is 10.8 Å². The molecule has 98 valence electrons. The molecule has 0 aliphatic carbocycles. The second kappa shape index (κ2) is 5.90. The molecule has 1 unspecified atom stereocenters. The van der Waals surface area contributed by atoms with Gasteiger partial charge in [-0.25, -0.2) is 9.97 Å². The van der Waals surface area contributed by atoms with E-state index in [-0.39, 0.29) is 6.42 Å². The third-order valence-corrected chi connectivity index (χ3v) is 3.24. The molecule has 0 radical (unpaired) electrons. The van der Waals surface area contributed by atoms with Crippen LogP contribution in [0.3, 0.4) is 0 Å². The number of aliphatic carboxylic acids is 1. The van der Waals surface area contributed by atoms with Gasteiger partial charge in [0, 0.05) is 16.2 Å². The summed E-state index contributed by atoms with van der Waals surface area (Å²) < 4.78 is 0.909. The van der Waals surface area contributed by atoms with Gasteiger partial charge in [0.15, 0.2) is 0 Å². The second-order valence-corrected chi connectivity index (χ2v) is 4.84. The van der Waals surface area contributed by atoms with Crippen LogP contribution in [0.1, 0.15) is 18.3 Å². The van der Waals surface area contributed by atoms with Crippen molar-refractivity contribution in [1.29, 1.82) is 0 Å². The molecule has 0 amide bonds. The summed E-state index contributed by atoms with van der Waals surface area (Å²) in [5, 5.41) is 8.73. The molecule has 2 aromatic rings. The van der Waals surface area contributed by atoms with Gasteiger partial charge in [-0.1, -0.05) is 34.1 Å². The highest BCUT2D eigenvalue weighted by molar-refractivity contribution is 9.10. The Labute approximate surface area is 118 Å². The average Bonchev–Trinajstić information content (AvgIpc) is 2.38. The number of nitrogens with two attached hydrogens (primary N) is 1. The van der Waals surface area contributed by atoms with Gasteiger partial charge in [0.05, 0.1) is 18.2 Å². The SMILES string of the molecule is NC(CC(=O)O)c1nccc(-c2ccccc2Br)n1. The molecule has 1 heterocycles. The van der Waals surface area contributed by atoms with Crippen LogP contribution < -0.4 is 5.73 Å². The van der Waals surface area contributed by atoms with E-state index in [1.165, 1.54) is 0 Å². The first-order valence-corrected chi connectivity index (χ1v) is 6.42. The van der Waals surface area contributed by atoms with Crippen molar-refractivity contribution in [3.63, 3.8) is 0 Å². The first-order valence-electron chi connectivity index (χ1n) is 5.63. The van der Waals surface area contributed by atoms with E-state index in [0.717, 1.165) is 10.0 Å². The minimum Gasteiger partial charge on any atom is -0.481 e. The molecule has 1 aromatic carbocycles. The topological polar surface area (TPSA) is 89.1 Å². The smallest absolute Gasteiger partial charge is 0.305 e. The molecule has 0 spiro atoms. The first-order chi connectivity index (χ1) is 9.08. The number of hydrogen-bond donors (Lipinski definition) is 2. The van der Waals surface area contributed by atoms with Gasteiger partial charge in [0.25, 0.3) is 0 Å². The molecule has 0 aliphatic rings. The van der Waals surface area contributed by atoms with Gasteiger partial charge in [-0.3, -0.25) is 4.79 Å². The fourth-order valence-corrected chi connectivity index (χ4v) is 2.14. The maximum absolute atomic E-state index is 10.6. The van der Waals surface area contributed by atoms with Crippen molar-refractivity contribution in [3.8, 4) is 11.3 Å².